The average Bonchev–Trinajstić information content (AvgIpc) is 3.07. The molecular weight excluding hydrogens is 332 g/mol. The maximum Gasteiger partial charge on any atom is 0.288 e. The van der Waals surface area contributed by atoms with Crippen LogP contribution in [-0.2, 0) is 17.6 Å². The van der Waals surface area contributed by atoms with Gasteiger partial charge in [-0.3, -0.25) is 9.59 Å². The fourth-order valence-corrected chi connectivity index (χ4v) is 3.66. The van der Waals surface area contributed by atoms with E-state index in [2.05, 4.69) is 15.4 Å². The normalized spacial score (nSPS) is 22.1. The van der Waals surface area contributed by atoms with Gasteiger partial charge in [-0.1, -0.05) is 0 Å². The highest BCUT2D eigenvalue weighted by atomic mass is 19.1. The smallest absolute Gasteiger partial charge is 0.288 e. The molecule has 9 heteroatoms. The minimum Gasteiger partial charge on any atom is -0.363 e. The lowest BCUT2D eigenvalue weighted by molar-refractivity contribution is -0.121. The van der Waals surface area contributed by atoms with E-state index < -0.39 is 23.5 Å². The van der Waals surface area contributed by atoms with Crippen molar-refractivity contribution in [2.75, 3.05) is 5.32 Å². The number of nitrogens with zero attached hydrogens (tertiary/aromatic N) is 3. The van der Waals surface area contributed by atoms with Crippen LogP contribution in [0.1, 0.15) is 40.9 Å². The molecule has 2 aromatic rings. The van der Waals surface area contributed by atoms with Crippen molar-refractivity contribution in [2.45, 2.75) is 31.7 Å². The molecule has 3 N–H and O–H groups in total. The van der Waals surface area contributed by atoms with Gasteiger partial charge in [0.25, 0.3) is 5.91 Å². The summed E-state index contributed by atoms with van der Waals surface area (Å²) in [4.78, 5) is 28.0. The first-order chi connectivity index (χ1) is 11.9. The topological polar surface area (TPSA) is 103 Å². The van der Waals surface area contributed by atoms with Crippen LogP contribution in [0.25, 0.3) is 0 Å². The molecule has 2 aliphatic rings. The molecule has 130 valence electrons. The molecule has 0 radical (unpaired) electrons. The van der Waals surface area contributed by atoms with E-state index in [1.807, 2.05) is 0 Å². The predicted octanol–water partition coefficient (Wildman–Crippen LogP) is 1.34. The van der Waals surface area contributed by atoms with Crippen LogP contribution in [0.3, 0.4) is 0 Å². The summed E-state index contributed by atoms with van der Waals surface area (Å²) in [6.45, 7) is 0. The molecule has 0 bridgehead atoms. The molecule has 2 amide bonds. The summed E-state index contributed by atoms with van der Waals surface area (Å²) in [5, 5.41) is 6.68. The van der Waals surface area contributed by atoms with Crippen molar-refractivity contribution in [1.82, 2.24) is 14.8 Å². The van der Waals surface area contributed by atoms with Gasteiger partial charge in [-0.25, -0.2) is 18.4 Å². The standard InChI is InChI=1S/C16H15F2N5O2/c17-8-5-7-1-2-9(16(25)21-13(7)10(18)6-8)11-3-4-12-20-15(14(19)24)22-23(11)12/h5-6,9,11H,1-4H2,(H2,19,24)(H,21,25)/t9-,11?/m0/s1. The number of hydrogen-bond acceptors (Lipinski definition) is 4. The zero-order valence-electron chi connectivity index (χ0n) is 13.1. The van der Waals surface area contributed by atoms with Gasteiger partial charge < -0.3 is 11.1 Å². The van der Waals surface area contributed by atoms with Crippen LogP contribution >= 0.6 is 0 Å². The molecule has 4 rings (SSSR count). The molecule has 1 unspecified atom stereocenters. The molecule has 0 aliphatic carbocycles. The number of aryl methyl sites for hydroxylation is 2. The van der Waals surface area contributed by atoms with Gasteiger partial charge in [0, 0.05) is 12.5 Å². The Bertz CT molecular complexity index is 895. The van der Waals surface area contributed by atoms with Gasteiger partial charge in [-0.15, -0.1) is 5.10 Å². The fraction of sp³-hybridized carbons (Fsp3) is 0.375. The number of amides is 2. The molecule has 0 saturated carbocycles. The second-order valence-corrected chi connectivity index (χ2v) is 6.32. The molecule has 1 aromatic carbocycles. The second-order valence-electron chi connectivity index (χ2n) is 6.32. The molecular formula is C16H15F2N5O2. The monoisotopic (exact) mass is 347 g/mol. The van der Waals surface area contributed by atoms with Gasteiger partial charge >= 0.3 is 0 Å². The molecule has 2 aliphatic heterocycles. The van der Waals surface area contributed by atoms with E-state index in [1.54, 1.807) is 4.68 Å². The Labute approximate surface area is 141 Å². The molecule has 0 saturated heterocycles. The first-order valence-corrected chi connectivity index (χ1v) is 7.98. The van der Waals surface area contributed by atoms with Crippen molar-refractivity contribution in [2.24, 2.45) is 11.7 Å². The van der Waals surface area contributed by atoms with Crippen molar-refractivity contribution in [3.8, 4) is 0 Å². The lowest BCUT2D eigenvalue weighted by Crippen LogP contribution is -2.29. The van der Waals surface area contributed by atoms with Crippen molar-refractivity contribution in [1.29, 1.82) is 0 Å². The quantitative estimate of drug-likeness (QED) is 0.856. The van der Waals surface area contributed by atoms with Gasteiger partial charge in [0.15, 0.2) is 0 Å². The number of rotatable bonds is 2. The summed E-state index contributed by atoms with van der Waals surface area (Å²) >= 11 is 0. The highest BCUT2D eigenvalue weighted by molar-refractivity contribution is 5.94. The van der Waals surface area contributed by atoms with Crippen LogP contribution in [0.5, 0.6) is 0 Å². The van der Waals surface area contributed by atoms with Gasteiger partial charge in [-0.2, -0.15) is 0 Å². The van der Waals surface area contributed by atoms with Crippen molar-refractivity contribution < 1.29 is 18.4 Å². The first kappa shape index (κ1) is 15.7. The molecule has 25 heavy (non-hydrogen) atoms. The Balaban J connectivity index is 1.65. The Kier molecular flexibility index (Phi) is 3.52. The summed E-state index contributed by atoms with van der Waals surface area (Å²) in [7, 11) is 0. The lowest BCUT2D eigenvalue weighted by atomic mass is 9.92. The Hall–Kier alpha value is -2.84. The average molecular weight is 347 g/mol. The number of hydrogen-bond donors (Lipinski definition) is 2. The molecule has 7 nitrogen and oxygen atoms in total. The van der Waals surface area contributed by atoms with Gasteiger partial charge in [0.2, 0.25) is 11.7 Å². The third-order valence-electron chi connectivity index (χ3n) is 4.81. The largest absolute Gasteiger partial charge is 0.363 e. The summed E-state index contributed by atoms with van der Waals surface area (Å²) in [6.07, 6.45) is 1.98. The summed E-state index contributed by atoms with van der Waals surface area (Å²) in [5.74, 6) is -2.49. The number of anilines is 1. The van der Waals surface area contributed by atoms with Gasteiger partial charge in [0.1, 0.15) is 17.5 Å². The molecule has 0 fully saturated rings. The highest BCUT2D eigenvalue weighted by Gasteiger charge is 2.38. The van der Waals surface area contributed by atoms with E-state index >= 15 is 0 Å². The van der Waals surface area contributed by atoms with E-state index in [0.29, 0.717) is 37.1 Å². The van der Waals surface area contributed by atoms with Crippen molar-refractivity contribution in [3.63, 3.8) is 0 Å². The Morgan fingerprint density at radius 3 is 2.84 bits per heavy atom. The maximum absolute atomic E-state index is 14.0. The van der Waals surface area contributed by atoms with E-state index in [1.165, 1.54) is 6.07 Å². The van der Waals surface area contributed by atoms with Crippen LogP contribution in [0, 0.1) is 17.6 Å². The number of benzene rings is 1. The first-order valence-electron chi connectivity index (χ1n) is 7.98. The minimum absolute atomic E-state index is 0.0311. The van der Waals surface area contributed by atoms with Crippen LogP contribution < -0.4 is 11.1 Å². The summed E-state index contributed by atoms with van der Waals surface area (Å²) < 4.78 is 29.0. The maximum atomic E-state index is 14.0. The summed E-state index contributed by atoms with van der Waals surface area (Å²) in [5.41, 5.74) is 5.67. The number of aromatic nitrogens is 3. The Morgan fingerprint density at radius 1 is 1.28 bits per heavy atom. The van der Waals surface area contributed by atoms with Crippen LogP contribution in [0.4, 0.5) is 14.5 Å². The van der Waals surface area contributed by atoms with E-state index in [-0.39, 0.29) is 23.5 Å². The van der Waals surface area contributed by atoms with Crippen LogP contribution in [0.2, 0.25) is 0 Å². The number of carbonyl (C=O) groups excluding carboxylic acids is 2. The van der Waals surface area contributed by atoms with Crippen LogP contribution in [0.15, 0.2) is 12.1 Å². The van der Waals surface area contributed by atoms with Crippen LogP contribution in [-0.4, -0.2) is 26.6 Å². The number of fused-ring (bicyclic) bond motifs is 2. The van der Waals surface area contributed by atoms with Gasteiger partial charge in [-0.05, 0) is 30.9 Å². The van der Waals surface area contributed by atoms with Crippen molar-refractivity contribution in [3.05, 3.63) is 41.0 Å². The highest BCUT2D eigenvalue weighted by Crippen LogP contribution is 2.37. The third-order valence-corrected chi connectivity index (χ3v) is 4.81. The fourth-order valence-electron chi connectivity index (χ4n) is 3.66. The zero-order chi connectivity index (χ0) is 17.7. The number of halogens is 2. The number of carbonyl (C=O) groups is 2. The van der Waals surface area contributed by atoms with E-state index in [0.717, 1.165) is 6.07 Å². The zero-order valence-corrected chi connectivity index (χ0v) is 13.1. The van der Waals surface area contributed by atoms with E-state index in [4.69, 9.17) is 5.73 Å². The van der Waals surface area contributed by atoms with Gasteiger partial charge in [0.05, 0.1) is 17.6 Å². The van der Waals surface area contributed by atoms with E-state index in [9.17, 15) is 18.4 Å². The summed E-state index contributed by atoms with van der Waals surface area (Å²) in [6, 6.07) is 1.70. The third kappa shape index (κ3) is 2.55. The molecule has 1 aromatic heterocycles. The number of nitrogens with one attached hydrogen (secondary N) is 1. The number of primary amides is 1. The molecule has 2 atom stereocenters. The predicted molar refractivity (Wildman–Crippen MR) is 82.7 cm³/mol. The molecule has 3 heterocycles. The SMILES string of the molecule is NC(=O)c1nc2n(n1)C([C@@H]1CCc3cc(F)cc(F)c3NC1=O)CC2. The lowest BCUT2D eigenvalue weighted by Gasteiger charge is -2.21. The number of nitrogens with two attached hydrogens (primary N) is 1. The minimum atomic E-state index is -0.784. The van der Waals surface area contributed by atoms with Crippen molar-refractivity contribution >= 4 is 17.5 Å². The molecule has 0 spiro atoms. The Morgan fingerprint density at radius 2 is 2.08 bits per heavy atom. The second kappa shape index (κ2) is 5.61.